The summed E-state index contributed by atoms with van der Waals surface area (Å²) in [5.41, 5.74) is 0.768. The molecule has 1 heterocycles. The Morgan fingerprint density at radius 2 is 2.06 bits per heavy atom. The van der Waals surface area contributed by atoms with E-state index in [1.807, 2.05) is 0 Å². The Hall–Kier alpha value is -1.50. The van der Waals surface area contributed by atoms with Crippen molar-refractivity contribution in [2.45, 2.75) is 13.2 Å². The number of benzene rings is 1. The average molecular weight is 238 g/mol. The molecule has 84 valence electrons. The lowest BCUT2D eigenvalue weighted by Gasteiger charge is -2.02. The van der Waals surface area contributed by atoms with Gasteiger partial charge < -0.3 is 14.9 Å². The number of aliphatic hydroxyl groups excluding tert-OH is 2. The monoisotopic (exact) mass is 238 g/mol. The molecule has 0 radical (unpaired) electrons. The molecule has 0 bridgehead atoms. The number of rotatable bonds is 4. The minimum Gasteiger partial charge on any atom is -0.430 e. The SMILES string of the molecule is OCc1cccc(Oc2nnc(CO)s2)c1. The quantitative estimate of drug-likeness (QED) is 0.840. The first kappa shape index (κ1) is 11.0. The van der Waals surface area contributed by atoms with Crippen LogP contribution in [-0.2, 0) is 13.2 Å². The highest BCUT2D eigenvalue weighted by Gasteiger charge is 2.05. The molecule has 0 saturated heterocycles. The number of hydrogen-bond acceptors (Lipinski definition) is 6. The molecule has 0 aliphatic rings. The Labute approximate surface area is 96.0 Å². The lowest BCUT2D eigenvalue weighted by atomic mass is 10.2. The molecule has 5 nitrogen and oxygen atoms in total. The molecule has 0 fully saturated rings. The van der Waals surface area contributed by atoms with Crippen molar-refractivity contribution in [1.29, 1.82) is 0 Å². The number of nitrogens with zero attached hydrogens (tertiary/aromatic N) is 2. The summed E-state index contributed by atoms with van der Waals surface area (Å²) in [5.74, 6) is 0.590. The van der Waals surface area contributed by atoms with Gasteiger partial charge in [0.2, 0.25) is 0 Å². The predicted molar refractivity (Wildman–Crippen MR) is 58.3 cm³/mol. The van der Waals surface area contributed by atoms with E-state index in [0.717, 1.165) is 5.56 Å². The first-order chi connectivity index (χ1) is 7.81. The van der Waals surface area contributed by atoms with Crippen LogP contribution in [0.2, 0.25) is 0 Å². The first-order valence-corrected chi connectivity index (χ1v) is 5.44. The summed E-state index contributed by atoms with van der Waals surface area (Å²) in [6, 6.07) is 7.07. The molecule has 0 aliphatic carbocycles. The van der Waals surface area contributed by atoms with E-state index in [9.17, 15) is 0 Å². The zero-order chi connectivity index (χ0) is 11.4. The minimum absolute atomic E-state index is 0.0325. The molecular weight excluding hydrogens is 228 g/mol. The van der Waals surface area contributed by atoms with E-state index in [0.29, 0.717) is 16.0 Å². The molecule has 1 aromatic carbocycles. The van der Waals surface area contributed by atoms with Crippen LogP contribution in [0.1, 0.15) is 10.6 Å². The molecule has 1 aromatic heterocycles. The zero-order valence-electron chi connectivity index (χ0n) is 8.33. The second kappa shape index (κ2) is 5.02. The predicted octanol–water partition coefficient (Wildman–Crippen LogP) is 1.31. The first-order valence-electron chi connectivity index (χ1n) is 4.62. The minimum atomic E-state index is -0.141. The maximum atomic E-state index is 8.96. The van der Waals surface area contributed by atoms with Crippen LogP contribution in [0.4, 0.5) is 0 Å². The third-order valence-electron chi connectivity index (χ3n) is 1.87. The summed E-state index contributed by atoms with van der Waals surface area (Å²) in [5, 5.41) is 26.1. The van der Waals surface area contributed by atoms with Crippen molar-refractivity contribution in [3.8, 4) is 10.9 Å². The number of aliphatic hydroxyl groups is 2. The lowest BCUT2D eigenvalue weighted by Crippen LogP contribution is -1.86. The standard InChI is InChI=1S/C10H10N2O3S/c13-5-7-2-1-3-8(4-7)15-10-12-11-9(6-14)16-10/h1-4,13-14H,5-6H2. The van der Waals surface area contributed by atoms with Crippen LogP contribution < -0.4 is 4.74 Å². The van der Waals surface area contributed by atoms with Crippen LogP contribution in [-0.4, -0.2) is 20.4 Å². The Bertz CT molecular complexity index is 473. The molecule has 2 rings (SSSR count). The van der Waals surface area contributed by atoms with Crippen LogP contribution >= 0.6 is 11.3 Å². The van der Waals surface area contributed by atoms with Crippen LogP contribution in [0.25, 0.3) is 0 Å². The third kappa shape index (κ3) is 2.54. The van der Waals surface area contributed by atoms with Gasteiger partial charge in [-0.15, -0.1) is 5.10 Å². The molecule has 0 amide bonds. The molecule has 2 aromatic rings. The van der Waals surface area contributed by atoms with E-state index in [1.165, 1.54) is 11.3 Å². The second-order valence-corrected chi connectivity index (χ2v) is 4.05. The van der Waals surface area contributed by atoms with Crippen LogP contribution in [0.15, 0.2) is 24.3 Å². The maximum absolute atomic E-state index is 8.96. The van der Waals surface area contributed by atoms with E-state index in [1.54, 1.807) is 24.3 Å². The van der Waals surface area contributed by atoms with Gasteiger partial charge in [-0.05, 0) is 17.7 Å². The molecule has 0 unspecified atom stereocenters. The van der Waals surface area contributed by atoms with Crippen molar-refractivity contribution in [2.75, 3.05) is 0 Å². The Kier molecular flexibility index (Phi) is 3.45. The van der Waals surface area contributed by atoms with Gasteiger partial charge in [-0.1, -0.05) is 28.6 Å². The molecule has 6 heteroatoms. The van der Waals surface area contributed by atoms with E-state index < -0.39 is 0 Å². The summed E-state index contributed by atoms with van der Waals surface area (Å²) in [6.07, 6.45) is 0. The number of hydrogen-bond donors (Lipinski definition) is 2. The fraction of sp³-hybridized carbons (Fsp3) is 0.200. The van der Waals surface area contributed by atoms with Crippen molar-refractivity contribution >= 4 is 11.3 Å². The van der Waals surface area contributed by atoms with E-state index >= 15 is 0 Å². The van der Waals surface area contributed by atoms with Crippen molar-refractivity contribution in [3.63, 3.8) is 0 Å². The van der Waals surface area contributed by atoms with Crippen LogP contribution in [0, 0.1) is 0 Å². The summed E-state index contributed by atoms with van der Waals surface area (Å²) < 4.78 is 5.43. The van der Waals surface area contributed by atoms with E-state index in [4.69, 9.17) is 14.9 Å². The normalized spacial score (nSPS) is 10.4. The van der Waals surface area contributed by atoms with Gasteiger partial charge in [-0.2, -0.15) is 0 Å². The van der Waals surface area contributed by atoms with Crippen LogP contribution in [0.5, 0.6) is 10.9 Å². The Morgan fingerprint density at radius 3 is 2.75 bits per heavy atom. The highest BCUT2D eigenvalue weighted by molar-refractivity contribution is 7.13. The van der Waals surface area contributed by atoms with Gasteiger partial charge in [0.1, 0.15) is 10.8 Å². The topological polar surface area (TPSA) is 75.5 Å². The van der Waals surface area contributed by atoms with Crippen LogP contribution in [0.3, 0.4) is 0 Å². The lowest BCUT2D eigenvalue weighted by molar-refractivity contribution is 0.280. The van der Waals surface area contributed by atoms with Gasteiger partial charge in [0.15, 0.2) is 0 Å². The Morgan fingerprint density at radius 1 is 1.19 bits per heavy atom. The maximum Gasteiger partial charge on any atom is 0.299 e. The smallest absolute Gasteiger partial charge is 0.299 e. The molecule has 0 spiro atoms. The Balaban J connectivity index is 2.13. The molecule has 0 atom stereocenters. The largest absolute Gasteiger partial charge is 0.430 e. The van der Waals surface area contributed by atoms with Crippen molar-refractivity contribution in [1.82, 2.24) is 10.2 Å². The molecule has 2 N–H and O–H groups in total. The molecule has 16 heavy (non-hydrogen) atoms. The summed E-state index contributed by atoms with van der Waals surface area (Å²) in [7, 11) is 0. The van der Waals surface area contributed by atoms with Gasteiger partial charge >= 0.3 is 0 Å². The molecule has 0 saturated carbocycles. The van der Waals surface area contributed by atoms with E-state index in [2.05, 4.69) is 10.2 Å². The fourth-order valence-corrected chi connectivity index (χ4v) is 1.72. The highest BCUT2D eigenvalue weighted by atomic mass is 32.1. The van der Waals surface area contributed by atoms with Gasteiger partial charge in [-0.3, -0.25) is 0 Å². The van der Waals surface area contributed by atoms with Gasteiger partial charge in [0.05, 0.1) is 13.2 Å². The van der Waals surface area contributed by atoms with Gasteiger partial charge in [-0.25, -0.2) is 0 Å². The fourth-order valence-electron chi connectivity index (χ4n) is 1.15. The molecule has 0 aliphatic heterocycles. The number of ether oxygens (including phenoxy) is 1. The highest BCUT2D eigenvalue weighted by Crippen LogP contribution is 2.25. The molecular formula is C10H10N2O3S. The van der Waals surface area contributed by atoms with Gasteiger partial charge in [0.25, 0.3) is 5.19 Å². The number of aromatic nitrogens is 2. The van der Waals surface area contributed by atoms with Crippen molar-refractivity contribution < 1.29 is 14.9 Å². The van der Waals surface area contributed by atoms with Gasteiger partial charge in [0, 0.05) is 0 Å². The summed E-state index contributed by atoms with van der Waals surface area (Å²) in [4.78, 5) is 0. The average Bonchev–Trinajstić information content (AvgIpc) is 2.77. The summed E-state index contributed by atoms with van der Waals surface area (Å²) in [6.45, 7) is -0.174. The van der Waals surface area contributed by atoms with Crippen molar-refractivity contribution in [2.24, 2.45) is 0 Å². The van der Waals surface area contributed by atoms with E-state index in [-0.39, 0.29) is 13.2 Å². The summed E-state index contributed by atoms with van der Waals surface area (Å²) >= 11 is 1.18. The second-order valence-electron chi connectivity index (χ2n) is 3.03. The van der Waals surface area contributed by atoms with Crippen molar-refractivity contribution in [3.05, 3.63) is 34.8 Å². The zero-order valence-corrected chi connectivity index (χ0v) is 9.15. The third-order valence-corrected chi connectivity index (χ3v) is 2.66.